The summed E-state index contributed by atoms with van der Waals surface area (Å²) in [7, 11) is 0. The molecule has 2 aromatic rings. The van der Waals surface area contributed by atoms with Crippen molar-refractivity contribution in [1.29, 1.82) is 0 Å². The van der Waals surface area contributed by atoms with Crippen LogP contribution in [-0.2, 0) is 9.53 Å². The lowest BCUT2D eigenvalue weighted by Gasteiger charge is -2.50. The number of ether oxygens (including phenoxy) is 2. The summed E-state index contributed by atoms with van der Waals surface area (Å²) in [5.41, 5.74) is 0.406. The number of hydrogen-bond acceptors (Lipinski definition) is 6. The van der Waals surface area contributed by atoms with Gasteiger partial charge in [0.25, 0.3) is 5.91 Å². The Kier molecular flexibility index (Phi) is 7.39. The van der Waals surface area contributed by atoms with Crippen LogP contribution in [0.5, 0.6) is 5.88 Å². The Morgan fingerprint density at radius 2 is 2.09 bits per heavy atom. The number of carbonyl (C=O) groups is 2. The molecule has 2 aromatic heterocycles. The van der Waals surface area contributed by atoms with Gasteiger partial charge in [-0.05, 0) is 31.4 Å². The van der Waals surface area contributed by atoms with E-state index in [1.165, 1.54) is 12.5 Å². The van der Waals surface area contributed by atoms with Crippen LogP contribution in [0.2, 0.25) is 0 Å². The number of alkyl halides is 3. The van der Waals surface area contributed by atoms with Gasteiger partial charge in [-0.2, -0.15) is 13.2 Å². The molecule has 174 valence electrons. The van der Waals surface area contributed by atoms with Crippen LogP contribution >= 0.6 is 0 Å². The van der Waals surface area contributed by atoms with Crippen molar-refractivity contribution in [2.75, 3.05) is 26.3 Å². The number of carboxylic acid groups (broad SMARTS) is 1. The molecular weight excluding hydrogens is 433 g/mol. The molecule has 0 aliphatic carbocycles. The molecule has 1 amide bonds. The van der Waals surface area contributed by atoms with Crippen molar-refractivity contribution < 1.29 is 41.8 Å². The van der Waals surface area contributed by atoms with Crippen molar-refractivity contribution in [3.05, 3.63) is 48.6 Å². The van der Waals surface area contributed by atoms with E-state index in [1.807, 2.05) is 23.1 Å². The van der Waals surface area contributed by atoms with E-state index < -0.39 is 12.1 Å². The van der Waals surface area contributed by atoms with Gasteiger partial charge in [0, 0.05) is 37.4 Å². The Labute approximate surface area is 181 Å². The molecule has 2 aliphatic rings. The maximum absolute atomic E-state index is 12.7. The summed E-state index contributed by atoms with van der Waals surface area (Å²) in [5.74, 6) is -2.14. The van der Waals surface area contributed by atoms with Gasteiger partial charge in [-0.1, -0.05) is 6.07 Å². The first kappa shape index (κ1) is 23.6. The first-order chi connectivity index (χ1) is 15.2. The highest BCUT2D eigenvalue weighted by Gasteiger charge is 2.48. The first-order valence-corrected chi connectivity index (χ1v) is 9.98. The third-order valence-electron chi connectivity index (χ3n) is 5.43. The van der Waals surface area contributed by atoms with Gasteiger partial charge in [0.2, 0.25) is 5.88 Å². The highest BCUT2D eigenvalue weighted by Crippen LogP contribution is 2.41. The second kappa shape index (κ2) is 10.0. The molecule has 1 N–H and O–H groups in total. The molecule has 2 fully saturated rings. The zero-order valence-corrected chi connectivity index (χ0v) is 17.1. The van der Waals surface area contributed by atoms with Crippen molar-refractivity contribution in [3.63, 3.8) is 0 Å². The molecule has 4 heterocycles. The van der Waals surface area contributed by atoms with E-state index in [9.17, 15) is 18.0 Å². The van der Waals surface area contributed by atoms with Gasteiger partial charge in [0.05, 0.1) is 24.5 Å². The first-order valence-electron chi connectivity index (χ1n) is 9.98. The van der Waals surface area contributed by atoms with Gasteiger partial charge >= 0.3 is 12.1 Å². The highest BCUT2D eigenvalue weighted by atomic mass is 19.4. The summed E-state index contributed by atoms with van der Waals surface area (Å²) in [6.45, 7) is 2.62. The molecule has 0 bridgehead atoms. The van der Waals surface area contributed by atoms with Crippen molar-refractivity contribution in [2.45, 2.75) is 31.5 Å². The van der Waals surface area contributed by atoms with Gasteiger partial charge in [0.15, 0.2) is 0 Å². The molecule has 2 atom stereocenters. The van der Waals surface area contributed by atoms with Crippen LogP contribution in [0.3, 0.4) is 0 Å². The maximum atomic E-state index is 12.7. The Morgan fingerprint density at radius 1 is 1.31 bits per heavy atom. The lowest BCUT2D eigenvalue weighted by Crippen LogP contribution is -2.58. The van der Waals surface area contributed by atoms with Crippen LogP contribution in [0.15, 0.2) is 47.4 Å². The maximum Gasteiger partial charge on any atom is 0.490 e. The number of furan rings is 1. The summed E-state index contributed by atoms with van der Waals surface area (Å²) in [6, 6.07) is 7.34. The number of nitrogens with zero attached hydrogens (tertiary/aromatic N) is 2. The molecule has 4 rings (SSSR count). The number of rotatable bonds is 4. The fourth-order valence-corrected chi connectivity index (χ4v) is 3.89. The number of aromatic nitrogens is 1. The zero-order valence-electron chi connectivity index (χ0n) is 17.1. The van der Waals surface area contributed by atoms with Gasteiger partial charge in [-0.15, -0.1) is 0 Å². The number of halogens is 3. The van der Waals surface area contributed by atoms with Crippen molar-refractivity contribution in [3.8, 4) is 5.88 Å². The lowest BCUT2D eigenvalue weighted by atomic mass is 9.73. The predicted octanol–water partition coefficient (Wildman–Crippen LogP) is 3.40. The normalized spacial score (nSPS) is 22.8. The summed E-state index contributed by atoms with van der Waals surface area (Å²) in [5, 5.41) is 7.12. The van der Waals surface area contributed by atoms with E-state index in [0.29, 0.717) is 31.1 Å². The largest absolute Gasteiger partial charge is 0.490 e. The number of hydrogen-bond donors (Lipinski definition) is 1. The second-order valence-electron chi connectivity index (χ2n) is 7.61. The molecule has 0 spiro atoms. The molecule has 2 aliphatic heterocycles. The molecule has 2 unspecified atom stereocenters. The third kappa shape index (κ3) is 5.78. The summed E-state index contributed by atoms with van der Waals surface area (Å²) in [4.78, 5) is 27.8. The number of fused-ring (bicyclic) bond motifs is 1. The van der Waals surface area contributed by atoms with E-state index in [1.54, 1.807) is 12.3 Å². The molecule has 32 heavy (non-hydrogen) atoms. The van der Waals surface area contributed by atoms with E-state index in [0.717, 1.165) is 25.9 Å². The predicted molar refractivity (Wildman–Crippen MR) is 104 cm³/mol. The molecular formula is C21H23F3N2O6. The number of piperidine rings is 1. The quantitative estimate of drug-likeness (QED) is 0.752. The number of amides is 1. The Balaban J connectivity index is 0.000000360. The van der Waals surface area contributed by atoms with Crippen LogP contribution in [-0.4, -0.2) is 65.5 Å². The molecule has 11 heteroatoms. The van der Waals surface area contributed by atoms with Gasteiger partial charge in [0.1, 0.15) is 6.26 Å². The number of aliphatic carboxylic acids is 1. The van der Waals surface area contributed by atoms with E-state index in [2.05, 4.69) is 4.98 Å². The van der Waals surface area contributed by atoms with Crippen LogP contribution in [0.25, 0.3) is 0 Å². The lowest BCUT2D eigenvalue weighted by molar-refractivity contribution is -0.192. The molecule has 0 saturated carbocycles. The van der Waals surface area contributed by atoms with Crippen LogP contribution in [0.4, 0.5) is 13.2 Å². The average Bonchev–Trinajstić information content (AvgIpc) is 3.32. The second-order valence-corrected chi connectivity index (χ2v) is 7.61. The van der Waals surface area contributed by atoms with Crippen LogP contribution in [0.1, 0.15) is 29.6 Å². The third-order valence-corrected chi connectivity index (χ3v) is 5.43. The van der Waals surface area contributed by atoms with Crippen LogP contribution in [0, 0.1) is 5.41 Å². The monoisotopic (exact) mass is 456 g/mol. The molecule has 0 aromatic carbocycles. The average molecular weight is 456 g/mol. The van der Waals surface area contributed by atoms with Crippen molar-refractivity contribution in [1.82, 2.24) is 9.88 Å². The SMILES string of the molecule is O=C(O)C(F)(F)F.O=C(c1ccoc1)N1CCC2OCCCC2(COc2ccccn2)C1. The van der Waals surface area contributed by atoms with Gasteiger partial charge in [-0.25, -0.2) is 9.78 Å². The fourth-order valence-electron chi connectivity index (χ4n) is 3.89. The minimum absolute atomic E-state index is 0.00924. The van der Waals surface area contributed by atoms with E-state index >= 15 is 0 Å². The van der Waals surface area contributed by atoms with Gasteiger partial charge in [-0.3, -0.25) is 4.79 Å². The van der Waals surface area contributed by atoms with Crippen LogP contribution < -0.4 is 4.74 Å². The number of likely N-dealkylation sites (tertiary alicyclic amines) is 1. The summed E-state index contributed by atoms with van der Waals surface area (Å²) < 4.78 is 48.8. The molecule has 0 radical (unpaired) electrons. The smallest absolute Gasteiger partial charge is 0.477 e. The number of pyridine rings is 1. The topological polar surface area (TPSA) is 102 Å². The van der Waals surface area contributed by atoms with Crippen molar-refractivity contribution >= 4 is 11.9 Å². The highest BCUT2D eigenvalue weighted by molar-refractivity contribution is 5.93. The summed E-state index contributed by atoms with van der Waals surface area (Å²) in [6.07, 6.45) is 2.59. The van der Waals surface area contributed by atoms with E-state index in [-0.39, 0.29) is 17.4 Å². The molecule has 8 nitrogen and oxygen atoms in total. The van der Waals surface area contributed by atoms with E-state index in [4.69, 9.17) is 23.8 Å². The minimum atomic E-state index is -5.08. The standard InChI is InChI=1S/C19H22N2O4.C2HF3O2/c22-18(15-6-11-23-12-15)21-9-5-16-19(13-21,7-3-10-24-16)14-25-17-4-1-2-8-20-17;3-2(4,5)1(6)7/h1-2,4,6,8,11-12,16H,3,5,7,9-10,13-14H2;(H,6,7). The Bertz CT molecular complexity index is 891. The number of carbonyl (C=O) groups excluding carboxylic acids is 1. The Morgan fingerprint density at radius 3 is 2.72 bits per heavy atom. The molecule has 2 saturated heterocycles. The van der Waals surface area contributed by atoms with Crippen molar-refractivity contribution in [2.24, 2.45) is 5.41 Å². The Hall–Kier alpha value is -3.08. The van der Waals surface area contributed by atoms with Gasteiger partial charge < -0.3 is 23.9 Å². The fraction of sp³-hybridized carbons (Fsp3) is 0.476. The minimum Gasteiger partial charge on any atom is -0.477 e. The number of carboxylic acids is 1. The summed E-state index contributed by atoms with van der Waals surface area (Å²) >= 11 is 0. The zero-order chi connectivity index (χ0) is 23.2.